The number of rotatable bonds is 9. The van der Waals surface area contributed by atoms with E-state index >= 15 is 0 Å². The van der Waals surface area contributed by atoms with Crippen LogP contribution in [-0.2, 0) is 14.3 Å². The molecule has 0 aliphatic heterocycles. The van der Waals surface area contributed by atoms with Crippen LogP contribution in [0.2, 0.25) is 0 Å². The van der Waals surface area contributed by atoms with Crippen molar-refractivity contribution in [3.63, 3.8) is 0 Å². The van der Waals surface area contributed by atoms with Crippen LogP contribution in [0.25, 0.3) is 16.6 Å². The van der Waals surface area contributed by atoms with Gasteiger partial charge in [-0.1, -0.05) is 0 Å². The van der Waals surface area contributed by atoms with Gasteiger partial charge in [0.1, 0.15) is 18.4 Å². The molecule has 0 bridgehead atoms. The molecule has 2 aromatic heterocycles. The first kappa shape index (κ1) is 26.3. The average molecular weight is 538 g/mol. The summed E-state index contributed by atoms with van der Waals surface area (Å²) in [5.41, 5.74) is 1.66. The second-order valence-corrected chi connectivity index (χ2v) is 8.59. The van der Waals surface area contributed by atoms with E-state index in [1.165, 1.54) is 13.3 Å². The molecule has 0 fully saturated rings. The minimum atomic E-state index is -0.495. The van der Waals surface area contributed by atoms with E-state index in [0.29, 0.717) is 41.4 Å². The summed E-state index contributed by atoms with van der Waals surface area (Å²) in [7, 11) is 3.05. The Balaban J connectivity index is 1.44. The zero-order valence-electron chi connectivity index (χ0n) is 21.7. The van der Waals surface area contributed by atoms with Crippen LogP contribution in [0.5, 0.6) is 17.2 Å². The normalized spacial score (nSPS) is 14.2. The van der Waals surface area contributed by atoms with E-state index in [-0.39, 0.29) is 29.1 Å². The quantitative estimate of drug-likeness (QED) is 0.291. The molecule has 0 saturated heterocycles. The van der Waals surface area contributed by atoms with Crippen molar-refractivity contribution in [1.82, 2.24) is 14.5 Å². The fourth-order valence-corrected chi connectivity index (χ4v) is 4.05. The van der Waals surface area contributed by atoms with Crippen molar-refractivity contribution in [3.8, 4) is 29.0 Å². The summed E-state index contributed by atoms with van der Waals surface area (Å²) in [6.45, 7) is 0.680. The summed E-state index contributed by atoms with van der Waals surface area (Å²) in [4.78, 5) is 38.8. The number of pyridine rings is 1. The molecule has 2 aromatic carbocycles. The van der Waals surface area contributed by atoms with Crippen molar-refractivity contribution < 1.29 is 28.5 Å². The number of aliphatic imine (C=N–C) groups is 1. The van der Waals surface area contributed by atoms with Crippen molar-refractivity contribution in [2.75, 3.05) is 27.4 Å². The topological polar surface area (TPSA) is 138 Å². The molecule has 1 aliphatic carbocycles. The predicted octanol–water partition coefficient (Wildman–Crippen LogP) is 3.90. The molecule has 0 N–H and O–H groups in total. The number of aromatic nitrogens is 3. The predicted molar refractivity (Wildman–Crippen MR) is 144 cm³/mol. The van der Waals surface area contributed by atoms with Crippen LogP contribution in [0, 0.1) is 11.3 Å². The lowest BCUT2D eigenvalue weighted by atomic mass is 10.0. The Bertz CT molecular complexity index is 1680. The second kappa shape index (κ2) is 11.6. The number of benzene rings is 2. The van der Waals surface area contributed by atoms with E-state index in [2.05, 4.69) is 21.0 Å². The smallest absolute Gasteiger partial charge is 0.204 e. The number of hydrogen-bond acceptors (Lipinski definition) is 10. The molecule has 40 heavy (non-hydrogen) atoms. The van der Waals surface area contributed by atoms with Gasteiger partial charge in [-0.25, -0.2) is 9.98 Å². The second-order valence-electron chi connectivity index (χ2n) is 8.59. The zero-order valence-corrected chi connectivity index (χ0v) is 21.7. The van der Waals surface area contributed by atoms with Gasteiger partial charge in [-0.05, 0) is 30.3 Å². The molecule has 0 atom stereocenters. The third-order valence-corrected chi connectivity index (χ3v) is 6.05. The number of nitriles is 1. The number of fused-ring (bicyclic) bond motifs is 1. The number of methoxy groups -OCH3 is 2. The van der Waals surface area contributed by atoms with Gasteiger partial charge in [-0.3, -0.25) is 14.6 Å². The van der Waals surface area contributed by atoms with Crippen LogP contribution in [-0.4, -0.2) is 59.2 Å². The van der Waals surface area contributed by atoms with Crippen molar-refractivity contribution in [2.45, 2.75) is 6.42 Å². The van der Waals surface area contributed by atoms with Gasteiger partial charge >= 0.3 is 0 Å². The molecule has 11 nitrogen and oxygen atoms in total. The Morgan fingerprint density at radius 2 is 1.93 bits per heavy atom. The van der Waals surface area contributed by atoms with Crippen LogP contribution < -0.4 is 14.2 Å². The minimum absolute atomic E-state index is 0.0174. The third kappa shape index (κ3) is 5.43. The van der Waals surface area contributed by atoms with E-state index in [0.717, 1.165) is 11.8 Å². The highest BCUT2D eigenvalue weighted by molar-refractivity contribution is 6.50. The molecule has 5 rings (SSSR count). The molecule has 11 heteroatoms. The van der Waals surface area contributed by atoms with E-state index in [1.54, 1.807) is 62.2 Å². The number of nitrogens with zero attached hydrogens (tertiary/aromatic N) is 5. The number of ketones is 2. The van der Waals surface area contributed by atoms with Gasteiger partial charge in [-0.15, -0.1) is 0 Å². The van der Waals surface area contributed by atoms with Crippen molar-refractivity contribution in [3.05, 3.63) is 78.7 Å². The monoisotopic (exact) mass is 537 g/mol. The van der Waals surface area contributed by atoms with Gasteiger partial charge in [0.2, 0.25) is 11.6 Å². The molecule has 2 heterocycles. The lowest BCUT2D eigenvalue weighted by Gasteiger charge is -2.16. The van der Waals surface area contributed by atoms with Crippen molar-refractivity contribution >= 4 is 33.9 Å². The summed E-state index contributed by atoms with van der Waals surface area (Å²) in [6.07, 6.45) is 7.33. The maximum Gasteiger partial charge on any atom is 0.204 e. The van der Waals surface area contributed by atoms with Crippen molar-refractivity contribution in [2.24, 2.45) is 4.99 Å². The number of ether oxygens (including phenoxy) is 4. The molecule has 4 aromatic rings. The lowest BCUT2D eigenvalue weighted by Crippen LogP contribution is -2.26. The standard InChI is InChI=1S/C29H23N5O6/c1-37-9-10-39-28-13-22-21(11-27(28)38-2)29(18(15-30)16-32-22)33-23-12-25(36)26(14-24(23)35)40-20-5-3-19(4-6-20)34-8-7-31-17-34/h3-8,11,13-14,16-17H,9-10,12H2,1-2H3. The zero-order chi connectivity index (χ0) is 28.1. The first-order chi connectivity index (χ1) is 19.5. The SMILES string of the molecule is COCCOc1cc2ncc(C#N)c(N=C3CC(=O)C(Oc4ccc(-n5ccnc5)cc4)=CC3=O)c2cc1OC. The number of carbonyl (C=O) groups excluding carboxylic acids is 2. The fraction of sp³-hybridized carbons (Fsp3) is 0.172. The first-order valence-electron chi connectivity index (χ1n) is 12.2. The number of hydrogen-bond donors (Lipinski definition) is 0. The van der Waals surface area contributed by atoms with Crippen LogP contribution >= 0.6 is 0 Å². The molecule has 0 radical (unpaired) electrons. The van der Waals surface area contributed by atoms with Gasteiger partial charge in [0.25, 0.3) is 0 Å². The molecule has 1 aliphatic rings. The Morgan fingerprint density at radius 1 is 1.10 bits per heavy atom. The Labute approximate surface area is 228 Å². The highest BCUT2D eigenvalue weighted by Crippen LogP contribution is 2.37. The maximum absolute atomic E-state index is 13.0. The highest BCUT2D eigenvalue weighted by atomic mass is 16.5. The van der Waals surface area contributed by atoms with Gasteiger partial charge in [-0.2, -0.15) is 5.26 Å². The number of Topliss-reactive ketones (excluding diaryl/α,β-unsaturated/α-hetero) is 1. The number of carbonyl (C=O) groups is 2. The molecular formula is C29H23N5O6. The van der Waals surface area contributed by atoms with Crippen LogP contribution in [0.1, 0.15) is 12.0 Å². The molecule has 0 unspecified atom stereocenters. The summed E-state index contributed by atoms with van der Waals surface area (Å²) in [5, 5.41) is 10.2. The third-order valence-electron chi connectivity index (χ3n) is 6.05. The molecule has 0 spiro atoms. The van der Waals surface area contributed by atoms with Crippen molar-refractivity contribution in [1.29, 1.82) is 5.26 Å². The fourth-order valence-electron chi connectivity index (χ4n) is 4.05. The summed E-state index contributed by atoms with van der Waals surface area (Å²) >= 11 is 0. The van der Waals surface area contributed by atoms with E-state index in [1.807, 2.05) is 4.57 Å². The molecule has 0 saturated carbocycles. The Morgan fingerprint density at radius 3 is 2.62 bits per heavy atom. The number of imidazole rings is 1. The maximum atomic E-state index is 13.0. The van der Waals surface area contributed by atoms with E-state index in [9.17, 15) is 14.9 Å². The van der Waals surface area contributed by atoms with Crippen LogP contribution in [0.4, 0.5) is 5.69 Å². The molecular weight excluding hydrogens is 514 g/mol. The van der Waals surface area contributed by atoms with Crippen LogP contribution in [0.3, 0.4) is 0 Å². The van der Waals surface area contributed by atoms with E-state index in [4.69, 9.17) is 18.9 Å². The number of allylic oxidation sites excluding steroid dienone is 2. The van der Waals surface area contributed by atoms with E-state index < -0.39 is 11.6 Å². The summed E-state index contributed by atoms with van der Waals surface area (Å²) < 4.78 is 23.8. The Hall–Kier alpha value is -5.34. The Kier molecular flexibility index (Phi) is 7.61. The minimum Gasteiger partial charge on any atom is -0.493 e. The summed E-state index contributed by atoms with van der Waals surface area (Å²) in [6, 6.07) is 12.3. The summed E-state index contributed by atoms with van der Waals surface area (Å²) in [5.74, 6) is 0.237. The van der Waals surface area contributed by atoms with Gasteiger partial charge < -0.3 is 23.5 Å². The molecule has 0 amide bonds. The largest absolute Gasteiger partial charge is 0.493 e. The van der Waals surface area contributed by atoms with Gasteiger partial charge in [0.15, 0.2) is 17.3 Å². The first-order valence-corrected chi connectivity index (χ1v) is 12.2. The molecule has 200 valence electrons. The lowest BCUT2D eigenvalue weighted by molar-refractivity contribution is -0.118. The average Bonchev–Trinajstić information content (AvgIpc) is 3.51. The van der Waals surface area contributed by atoms with Gasteiger partial charge in [0, 0.05) is 48.9 Å². The highest BCUT2D eigenvalue weighted by Gasteiger charge is 2.27. The van der Waals surface area contributed by atoms with Crippen LogP contribution in [0.15, 0.2) is 78.1 Å². The van der Waals surface area contributed by atoms with Gasteiger partial charge in [0.05, 0.1) is 48.9 Å².